The standard InChI is InChI=1S/C12H11ClN2O/c13-10-3-1-9(2-4-10)7-15-11(16)12(8-14)5-6-12/h1-4H,5-7H2,(H,15,16). The van der Waals surface area contributed by atoms with Crippen LogP contribution >= 0.6 is 11.6 Å². The molecule has 82 valence electrons. The van der Waals surface area contributed by atoms with Crippen molar-refractivity contribution in [1.82, 2.24) is 5.32 Å². The summed E-state index contributed by atoms with van der Waals surface area (Å²) in [5.74, 6) is -0.162. The molecule has 16 heavy (non-hydrogen) atoms. The maximum Gasteiger partial charge on any atom is 0.240 e. The first kappa shape index (κ1) is 11.0. The predicted octanol–water partition coefficient (Wildman–Crippen LogP) is 2.26. The van der Waals surface area contributed by atoms with Gasteiger partial charge < -0.3 is 5.32 Å². The number of nitrogens with zero attached hydrogens (tertiary/aromatic N) is 1. The van der Waals surface area contributed by atoms with E-state index in [1.165, 1.54) is 0 Å². The molecular formula is C12H11ClN2O. The van der Waals surface area contributed by atoms with Crippen LogP contribution in [0.5, 0.6) is 0 Å². The van der Waals surface area contributed by atoms with Gasteiger partial charge in [-0.1, -0.05) is 23.7 Å². The van der Waals surface area contributed by atoms with Crippen molar-refractivity contribution in [3.8, 4) is 6.07 Å². The first-order valence-electron chi connectivity index (χ1n) is 5.10. The third kappa shape index (κ3) is 2.17. The first-order valence-corrected chi connectivity index (χ1v) is 5.48. The number of nitrogens with one attached hydrogen (secondary N) is 1. The van der Waals surface area contributed by atoms with Gasteiger partial charge in [0.15, 0.2) is 0 Å². The molecule has 1 aliphatic rings. The molecule has 0 unspecified atom stereocenters. The molecule has 2 rings (SSSR count). The highest BCUT2D eigenvalue weighted by molar-refractivity contribution is 6.30. The van der Waals surface area contributed by atoms with E-state index in [0.717, 1.165) is 5.56 Å². The number of rotatable bonds is 3. The van der Waals surface area contributed by atoms with Crippen LogP contribution in [0.1, 0.15) is 18.4 Å². The van der Waals surface area contributed by atoms with Gasteiger partial charge in [-0.25, -0.2) is 0 Å². The van der Waals surface area contributed by atoms with Crippen LogP contribution in [0.4, 0.5) is 0 Å². The molecular weight excluding hydrogens is 224 g/mol. The third-order valence-electron chi connectivity index (χ3n) is 2.76. The van der Waals surface area contributed by atoms with Gasteiger partial charge in [-0.15, -0.1) is 0 Å². The maximum absolute atomic E-state index is 11.6. The number of nitriles is 1. The van der Waals surface area contributed by atoms with E-state index in [-0.39, 0.29) is 5.91 Å². The van der Waals surface area contributed by atoms with Gasteiger partial charge >= 0.3 is 0 Å². The predicted molar refractivity (Wildman–Crippen MR) is 60.6 cm³/mol. The van der Waals surface area contributed by atoms with Crippen molar-refractivity contribution in [1.29, 1.82) is 5.26 Å². The summed E-state index contributed by atoms with van der Waals surface area (Å²) in [4.78, 5) is 11.6. The number of carbonyl (C=O) groups is 1. The van der Waals surface area contributed by atoms with E-state index in [1.54, 1.807) is 12.1 Å². The molecule has 3 nitrogen and oxygen atoms in total. The first-order chi connectivity index (χ1) is 7.66. The molecule has 1 amide bonds. The molecule has 0 aliphatic heterocycles. The van der Waals surface area contributed by atoms with E-state index in [0.29, 0.717) is 24.4 Å². The zero-order valence-electron chi connectivity index (χ0n) is 8.66. The number of halogens is 1. The summed E-state index contributed by atoms with van der Waals surface area (Å²) < 4.78 is 0. The molecule has 0 aromatic heterocycles. The molecule has 1 aromatic rings. The Hall–Kier alpha value is -1.53. The van der Waals surface area contributed by atoms with E-state index in [9.17, 15) is 4.79 Å². The smallest absolute Gasteiger partial charge is 0.240 e. The van der Waals surface area contributed by atoms with Gasteiger partial charge in [-0.3, -0.25) is 4.79 Å². The van der Waals surface area contributed by atoms with Crippen molar-refractivity contribution in [2.75, 3.05) is 0 Å². The van der Waals surface area contributed by atoms with E-state index < -0.39 is 5.41 Å². The molecule has 1 N–H and O–H groups in total. The monoisotopic (exact) mass is 234 g/mol. The molecule has 0 bridgehead atoms. The lowest BCUT2D eigenvalue weighted by Crippen LogP contribution is -2.30. The molecule has 0 saturated heterocycles. The number of carbonyl (C=O) groups excluding carboxylic acids is 1. The largest absolute Gasteiger partial charge is 0.351 e. The topological polar surface area (TPSA) is 52.9 Å². The van der Waals surface area contributed by atoms with Gasteiger partial charge in [-0.05, 0) is 30.5 Å². The molecule has 0 radical (unpaired) electrons. The van der Waals surface area contributed by atoms with E-state index in [4.69, 9.17) is 16.9 Å². The third-order valence-corrected chi connectivity index (χ3v) is 3.02. The van der Waals surface area contributed by atoms with E-state index in [1.807, 2.05) is 12.1 Å². The highest BCUT2D eigenvalue weighted by Crippen LogP contribution is 2.44. The second-order valence-electron chi connectivity index (χ2n) is 4.00. The maximum atomic E-state index is 11.6. The highest BCUT2D eigenvalue weighted by Gasteiger charge is 2.50. The van der Waals surface area contributed by atoms with Crippen molar-refractivity contribution < 1.29 is 4.79 Å². The minimum atomic E-state index is -0.744. The Kier molecular flexibility index (Phi) is 2.84. The fraction of sp³-hybridized carbons (Fsp3) is 0.333. The van der Waals surface area contributed by atoms with Crippen molar-refractivity contribution in [2.45, 2.75) is 19.4 Å². The number of amides is 1. The van der Waals surface area contributed by atoms with Crippen molar-refractivity contribution in [3.05, 3.63) is 34.9 Å². The van der Waals surface area contributed by atoms with Gasteiger partial charge in [0, 0.05) is 11.6 Å². The average molecular weight is 235 g/mol. The van der Waals surface area contributed by atoms with E-state index >= 15 is 0 Å². The van der Waals surface area contributed by atoms with Crippen LogP contribution in [0, 0.1) is 16.7 Å². The van der Waals surface area contributed by atoms with Crippen molar-refractivity contribution in [2.24, 2.45) is 5.41 Å². The minimum Gasteiger partial charge on any atom is -0.351 e. The Morgan fingerprint density at radius 3 is 2.56 bits per heavy atom. The Morgan fingerprint density at radius 2 is 2.06 bits per heavy atom. The molecule has 1 fully saturated rings. The SMILES string of the molecule is N#CC1(C(=O)NCc2ccc(Cl)cc2)CC1. The van der Waals surface area contributed by atoms with Crippen LogP contribution in [0.3, 0.4) is 0 Å². The fourth-order valence-corrected chi connectivity index (χ4v) is 1.59. The summed E-state index contributed by atoms with van der Waals surface area (Å²) in [7, 11) is 0. The molecule has 1 saturated carbocycles. The molecule has 4 heteroatoms. The highest BCUT2D eigenvalue weighted by atomic mass is 35.5. The molecule has 1 aromatic carbocycles. The minimum absolute atomic E-state index is 0.162. The van der Waals surface area contributed by atoms with Crippen molar-refractivity contribution >= 4 is 17.5 Å². The molecule has 0 heterocycles. The van der Waals surface area contributed by atoms with E-state index in [2.05, 4.69) is 11.4 Å². The normalized spacial score (nSPS) is 16.2. The van der Waals surface area contributed by atoms with Gasteiger partial charge in [0.2, 0.25) is 5.91 Å². The lowest BCUT2D eigenvalue weighted by molar-refractivity contribution is -0.124. The van der Waals surface area contributed by atoms with Crippen LogP contribution in [0.15, 0.2) is 24.3 Å². The molecule has 0 spiro atoms. The lowest BCUT2D eigenvalue weighted by atomic mass is 10.1. The second kappa shape index (κ2) is 4.15. The quantitative estimate of drug-likeness (QED) is 0.872. The van der Waals surface area contributed by atoms with Gasteiger partial charge in [0.25, 0.3) is 0 Å². The summed E-state index contributed by atoms with van der Waals surface area (Å²) in [6.45, 7) is 0.444. The average Bonchev–Trinajstić information content (AvgIpc) is 3.09. The van der Waals surface area contributed by atoms with Crippen LogP contribution in [-0.2, 0) is 11.3 Å². The van der Waals surface area contributed by atoms with Crippen LogP contribution in [0.2, 0.25) is 5.02 Å². The van der Waals surface area contributed by atoms with Gasteiger partial charge in [-0.2, -0.15) is 5.26 Å². The summed E-state index contributed by atoms with van der Waals surface area (Å²) in [5, 5.41) is 12.3. The lowest BCUT2D eigenvalue weighted by Gasteiger charge is -2.07. The number of hydrogen-bond donors (Lipinski definition) is 1. The number of benzene rings is 1. The van der Waals surface area contributed by atoms with Crippen molar-refractivity contribution in [3.63, 3.8) is 0 Å². The van der Waals surface area contributed by atoms with Gasteiger partial charge in [0.1, 0.15) is 5.41 Å². The fourth-order valence-electron chi connectivity index (χ4n) is 1.47. The Bertz CT molecular complexity index is 443. The van der Waals surface area contributed by atoms with Crippen LogP contribution in [-0.4, -0.2) is 5.91 Å². The Labute approximate surface area is 99.0 Å². The number of hydrogen-bond acceptors (Lipinski definition) is 2. The summed E-state index contributed by atoms with van der Waals surface area (Å²) in [6, 6.07) is 9.33. The van der Waals surface area contributed by atoms with Crippen LogP contribution < -0.4 is 5.32 Å². The zero-order valence-corrected chi connectivity index (χ0v) is 9.42. The molecule has 1 aliphatic carbocycles. The second-order valence-corrected chi connectivity index (χ2v) is 4.44. The van der Waals surface area contributed by atoms with Crippen LogP contribution in [0.25, 0.3) is 0 Å². The Balaban J connectivity index is 1.91. The Morgan fingerprint density at radius 1 is 1.44 bits per heavy atom. The van der Waals surface area contributed by atoms with Gasteiger partial charge in [0.05, 0.1) is 6.07 Å². The molecule has 0 atom stereocenters. The summed E-state index contributed by atoms with van der Waals surface area (Å²) in [6.07, 6.45) is 1.35. The summed E-state index contributed by atoms with van der Waals surface area (Å²) >= 11 is 5.75. The summed E-state index contributed by atoms with van der Waals surface area (Å²) in [5.41, 5.74) is 0.235. The zero-order chi connectivity index (χ0) is 11.6.